The summed E-state index contributed by atoms with van der Waals surface area (Å²) in [6, 6.07) is 1.78. The minimum absolute atomic E-state index is 0.239. The number of hydrogen-bond acceptors (Lipinski definition) is 4. The Morgan fingerprint density at radius 2 is 2.00 bits per heavy atom. The smallest absolute Gasteiger partial charge is 0.160 e. The molecular weight excluding hydrogens is 309 g/mol. The predicted octanol–water partition coefficient (Wildman–Crippen LogP) is 3.53. The first-order chi connectivity index (χ1) is 10.0. The van der Waals surface area contributed by atoms with E-state index in [0.717, 1.165) is 28.4 Å². The molecule has 0 aliphatic carbocycles. The molecule has 0 aliphatic rings. The zero-order valence-electron chi connectivity index (χ0n) is 11.6. The lowest BCUT2D eigenvalue weighted by molar-refractivity contribution is 0.717. The third-order valence-corrected chi connectivity index (χ3v) is 3.49. The molecule has 0 N–H and O–H groups in total. The Labute approximate surface area is 132 Å². The van der Waals surface area contributed by atoms with E-state index >= 15 is 0 Å². The molecule has 0 aliphatic heterocycles. The predicted molar refractivity (Wildman–Crippen MR) is 82.7 cm³/mol. The summed E-state index contributed by atoms with van der Waals surface area (Å²) >= 11 is 12.2. The molecule has 3 heterocycles. The highest BCUT2D eigenvalue weighted by Crippen LogP contribution is 2.25. The van der Waals surface area contributed by atoms with Gasteiger partial charge in [0.1, 0.15) is 11.3 Å². The van der Waals surface area contributed by atoms with Crippen LogP contribution < -0.4 is 0 Å². The molecule has 7 heteroatoms. The van der Waals surface area contributed by atoms with E-state index in [1.54, 1.807) is 24.7 Å². The van der Waals surface area contributed by atoms with E-state index in [1.165, 1.54) is 0 Å². The Hall–Kier alpha value is -1.72. The van der Waals surface area contributed by atoms with Crippen molar-refractivity contribution in [1.29, 1.82) is 0 Å². The van der Waals surface area contributed by atoms with Gasteiger partial charge in [0.25, 0.3) is 0 Å². The molecule has 1 unspecified atom stereocenters. The van der Waals surface area contributed by atoms with Crippen LogP contribution in [0.5, 0.6) is 0 Å². The van der Waals surface area contributed by atoms with Crippen LogP contribution in [0.15, 0.2) is 24.7 Å². The van der Waals surface area contributed by atoms with Crippen LogP contribution in [0.1, 0.15) is 29.5 Å². The van der Waals surface area contributed by atoms with Crippen LogP contribution in [-0.4, -0.2) is 24.5 Å². The van der Waals surface area contributed by atoms with Crippen molar-refractivity contribution in [1.82, 2.24) is 24.5 Å². The van der Waals surface area contributed by atoms with E-state index in [4.69, 9.17) is 23.2 Å². The van der Waals surface area contributed by atoms with Crippen LogP contribution in [0.25, 0.3) is 11.2 Å². The summed E-state index contributed by atoms with van der Waals surface area (Å²) in [6.45, 7) is 4.30. The maximum Gasteiger partial charge on any atom is 0.160 e. The minimum Gasteiger partial charge on any atom is -0.305 e. The van der Waals surface area contributed by atoms with Gasteiger partial charge < -0.3 is 4.57 Å². The van der Waals surface area contributed by atoms with E-state index in [1.807, 2.05) is 18.4 Å². The Kier molecular flexibility index (Phi) is 3.78. The van der Waals surface area contributed by atoms with Gasteiger partial charge in [-0.3, -0.25) is 9.97 Å². The average Bonchev–Trinajstić information content (AvgIpc) is 2.79. The van der Waals surface area contributed by atoms with Gasteiger partial charge in [-0.2, -0.15) is 0 Å². The Morgan fingerprint density at radius 1 is 1.19 bits per heavy atom. The summed E-state index contributed by atoms with van der Waals surface area (Å²) in [6.07, 6.45) is 5.09. The van der Waals surface area contributed by atoms with Gasteiger partial charge in [0, 0.05) is 12.4 Å². The SMILES string of the molecule is Cc1cnc(Cn2c(C(C)Cl)nc3cc(Cl)cnc32)cn1. The topological polar surface area (TPSA) is 56.5 Å². The highest BCUT2D eigenvalue weighted by molar-refractivity contribution is 6.31. The maximum atomic E-state index is 6.23. The first-order valence-corrected chi connectivity index (χ1v) is 7.29. The normalized spacial score (nSPS) is 12.8. The van der Waals surface area contributed by atoms with Crippen molar-refractivity contribution in [2.45, 2.75) is 25.8 Å². The first kappa shape index (κ1) is 14.2. The fourth-order valence-electron chi connectivity index (χ4n) is 2.13. The monoisotopic (exact) mass is 321 g/mol. The van der Waals surface area contributed by atoms with Gasteiger partial charge in [0.2, 0.25) is 0 Å². The third kappa shape index (κ3) is 2.84. The summed E-state index contributed by atoms with van der Waals surface area (Å²) in [5.74, 6) is 0.740. The molecule has 3 rings (SSSR count). The maximum absolute atomic E-state index is 6.23. The molecule has 0 spiro atoms. The molecule has 3 aromatic rings. The van der Waals surface area contributed by atoms with Gasteiger partial charge in [-0.05, 0) is 19.9 Å². The molecular formula is C14H13Cl2N5. The number of halogens is 2. The van der Waals surface area contributed by atoms with Crippen LogP contribution in [0.2, 0.25) is 5.02 Å². The second-order valence-corrected chi connectivity index (χ2v) is 5.91. The highest BCUT2D eigenvalue weighted by atomic mass is 35.5. The molecule has 0 bridgehead atoms. The van der Waals surface area contributed by atoms with Gasteiger partial charge in [-0.1, -0.05) is 11.6 Å². The van der Waals surface area contributed by atoms with Crippen LogP contribution in [0, 0.1) is 6.92 Å². The van der Waals surface area contributed by atoms with Gasteiger partial charge >= 0.3 is 0 Å². The summed E-state index contributed by atoms with van der Waals surface area (Å²) in [5, 5.41) is 0.312. The lowest BCUT2D eigenvalue weighted by atomic mass is 10.3. The Bertz CT molecular complexity index is 780. The van der Waals surface area contributed by atoms with Gasteiger partial charge in [-0.25, -0.2) is 9.97 Å². The van der Waals surface area contributed by atoms with E-state index in [9.17, 15) is 0 Å². The largest absolute Gasteiger partial charge is 0.305 e. The number of rotatable bonds is 3. The number of alkyl halides is 1. The molecule has 0 fully saturated rings. The van der Waals surface area contributed by atoms with Crippen LogP contribution in [-0.2, 0) is 6.54 Å². The van der Waals surface area contributed by atoms with Crippen LogP contribution in [0.4, 0.5) is 0 Å². The summed E-state index contributed by atoms with van der Waals surface area (Å²) in [7, 11) is 0. The number of fused-ring (bicyclic) bond motifs is 1. The highest BCUT2D eigenvalue weighted by Gasteiger charge is 2.17. The number of aromatic nitrogens is 5. The van der Waals surface area contributed by atoms with E-state index < -0.39 is 0 Å². The average molecular weight is 322 g/mol. The standard InChI is InChI=1S/C14H13Cl2N5/c1-8-4-18-11(6-17-8)7-21-13(9(2)15)20-12-3-10(16)5-19-14(12)21/h3-6,9H,7H2,1-2H3. The molecule has 0 aromatic carbocycles. The van der Waals surface area contributed by atoms with Crippen molar-refractivity contribution in [3.63, 3.8) is 0 Å². The second-order valence-electron chi connectivity index (χ2n) is 4.82. The first-order valence-electron chi connectivity index (χ1n) is 6.48. The molecule has 21 heavy (non-hydrogen) atoms. The van der Waals surface area contributed by atoms with Crippen LogP contribution >= 0.6 is 23.2 Å². The lowest BCUT2D eigenvalue weighted by Crippen LogP contribution is -2.08. The second kappa shape index (κ2) is 5.58. The number of pyridine rings is 1. The van der Waals surface area contributed by atoms with Crippen molar-refractivity contribution in [2.75, 3.05) is 0 Å². The molecule has 5 nitrogen and oxygen atoms in total. The van der Waals surface area contributed by atoms with Crippen molar-refractivity contribution in [3.8, 4) is 0 Å². The molecule has 108 valence electrons. The van der Waals surface area contributed by atoms with Gasteiger partial charge in [0.05, 0.1) is 34.5 Å². The van der Waals surface area contributed by atoms with E-state index in [0.29, 0.717) is 11.6 Å². The Morgan fingerprint density at radius 3 is 2.67 bits per heavy atom. The molecule has 0 radical (unpaired) electrons. The molecule has 0 saturated carbocycles. The molecule has 1 atom stereocenters. The zero-order chi connectivity index (χ0) is 15.0. The minimum atomic E-state index is -0.239. The summed E-state index contributed by atoms with van der Waals surface area (Å²) in [4.78, 5) is 17.5. The third-order valence-electron chi connectivity index (χ3n) is 3.09. The number of aryl methyl sites for hydroxylation is 1. The van der Waals surface area contributed by atoms with Crippen molar-refractivity contribution in [2.24, 2.45) is 0 Å². The van der Waals surface area contributed by atoms with Gasteiger partial charge in [0.15, 0.2) is 5.65 Å². The quantitative estimate of drug-likeness (QED) is 0.692. The molecule has 0 saturated heterocycles. The zero-order valence-corrected chi connectivity index (χ0v) is 13.1. The number of imidazole rings is 1. The summed E-state index contributed by atoms with van der Waals surface area (Å²) in [5.41, 5.74) is 3.18. The molecule has 0 amide bonds. The van der Waals surface area contributed by atoms with E-state index in [-0.39, 0.29) is 5.38 Å². The Balaban J connectivity index is 2.10. The fraction of sp³-hybridized carbons (Fsp3) is 0.286. The number of nitrogens with zero attached hydrogens (tertiary/aromatic N) is 5. The van der Waals surface area contributed by atoms with Gasteiger partial charge in [-0.15, -0.1) is 11.6 Å². The van der Waals surface area contributed by atoms with Crippen LogP contribution in [0.3, 0.4) is 0 Å². The summed E-state index contributed by atoms with van der Waals surface area (Å²) < 4.78 is 1.95. The lowest BCUT2D eigenvalue weighted by Gasteiger charge is -2.09. The van der Waals surface area contributed by atoms with E-state index in [2.05, 4.69) is 19.9 Å². The molecule has 3 aromatic heterocycles. The van der Waals surface area contributed by atoms with Crippen molar-refractivity contribution < 1.29 is 0 Å². The fourth-order valence-corrected chi connectivity index (χ4v) is 2.45. The van der Waals surface area contributed by atoms with Crippen molar-refractivity contribution >= 4 is 34.4 Å². The number of hydrogen-bond donors (Lipinski definition) is 0. The van der Waals surface area contributed by atoms with Crippen molar-refractivity contribution in [3.05, 3.63) is 46.9 Å².